The number of anilines is 1. The molecule has 0 aliphatic rings. The van der Waals surface area contributed by atoms with Gasteiger partial charge in [0, 0.05) is 6.07 Å². The molecule has 0 spiro atoms. The monoisotopic (exact) mass is 325 g/mol. The number of nitrogens with one attached hydrogen (secondary N) is 1. The van der Waals surface area contributed by atoms with Crippen LogP contribution >= 0.6 is 0 Å². The van der Waals surface area contributed by atoms with Gasteiger partial charge in [-0.05, 0) is 6.07 Å². The molecule has 1 aromatic carbocycles. The normalized spacial score (nSPS) is 10.6. The van der Waals surface area contributed by atoms with Gasteiger partial charge in [-0.15, -0.1) is 0 Å². The molecule has 0 aliphatic carbocycles. The molecule has 1 rings (SSSR count). The molecule has 1 aromatic rings. The molecule has 0 atom stereocenters. The van der Waals surface area contributed by atoms with Gasteiger partial charge in [0.05, 0.1) is 36.2 Å². The molecule has 0 unspecified atom stereocenters. The third kappa shape index (κ3) is 4.49. The van der Waals surface area contributed by atoms with E-state index in [1.807, 2.05) is 0 Å². The van der Waals surface area contributed by atoms with E-state index in [-0.39, 0.29) is 5.69 Å². The second kappa shape index (κ2) is 7.49. The van der Waals surface area contributed by atoms with Crippen LogP contribution < -0.4 is 5.32 Å². The number of nitro groups is 2. The predicted octanol–water partition coefficient (Wildman–Crippen LogP) is 1.14. The van der Waals surface area contributed by atoms with Gasteiger partial charge in [0.1, 0.15) is 11.4 Å². The van der Waals surface area contributed by atoms with Gasteiger partial charge in [-0.2, -0.15) is 0 Å². The van der Waals surface area contributed by atoms with Crippen LogP contribution in [0.15, 0.2) is 30.0 Å². The fraction of sp³-hybridized carbons (Fsp3) is 0.167. The number of esters is 2. The highest BCUT2D eigenvalue weighted by molar-refractivity contribution is 5.99. The molecule has 0 amide bonds. The van der Waals surface area contributed by atoms with Crippen molar-refractivity contribution >= 4 is 29.0 Å². The van der Waals surface area contributed by atoms with Gasteiger partial charge >= 0.3 is 11.9 Å². The zero-order valence-electron chi connectivity index (χ0n) is 12.0. The Morgan fingerprint density at radius 3 is 2.26 bits per heavy atom. The largest absolute Gasteiger partial charge is 0.466 e. The Bertz CT molecular complexity index is 698. The lowest BCUT2D eigenvalue weighted by Gasteiger charge is -2.09. The topological polar surface area (TPSA) is 151 Å². The summed E-state index contributed by atoms with van der Waals surface area (Å²) in [6.45, 7) is 0. The highest BCUT2D eigenvalue weighted by Gasteiger charge is 2.22. The summed E-state index contributed by atoms with van der Waals surface area (Å²) in [5.74, 6) is -1.88. The third-order valence-corrected chi connectivity index (χ3v) is 2.53. The van der Waals surface area contributed by atoms with Crippen LogP contribution in [0.1, 0.15) is 0 Å². The van der Waals surface area contributed by atoms with Gasteiger partial charge in [0.2, 0.25) is 0 Å². The first-order valence-electron chi connectivity index (χ1n) is 5.88. The third-order valence-electron chi connectivity index (χ3n) is 2.53. The zero-order valence-corrected chi connectivity index (χ0v) is 12.0. The van der Waals surface area contributed by atoms with Gasteiger partial charge in [-0.25, -0.2) is 9.59 Å². The van der Waals surface area contributed by atoms with Crippen molar-refractivity contribution in [3.05, 3.63) is 50.2 Å². The molecule has 1 N–H and O–H groups in total. The second-order valence-electron chi connectivity index (χ2n) is 3.91. The highest BCUT2D eigenvalue weighted by Crippen LogP contribution is 2.30. The first-order valence-corrected chi connectivity index (χ1v) is 5.88. The highest BCUT2D eigenvalue weighted by atomic mass is 16.6. The van der Waals surface area contributed by atoms with E-state index in [4.69, 9.17) is 0 Å². The van der Waals surface area contributed by atoms with Gasteiger partial charge < -0.3 is 14.8 Å². The Morgan fingerprint density at radius 2 is 1.78 bits per heavy atom. The van der Waals surface area contributed by atoms with Crippen molar-refractivity contribution in [2.75, 3.05) is 19.5 Å². The maximum atomic E-state index is 11.6. The van der Waals surface area contributed by atoms with Crippen LogP contribution in [0.3, 0.4) is 0 Å². The molecule has 0 heterocycles. The Morgan fingerprint density at radius 1 is 1.13 bits per heavy atom. The molecule has 0 aromatic heterocycles. The minimum Gasteiger partial charge on any atom is -0.466 e. The van der Waals surface area contributed by atoms with Crippen molar-refractivity contribution in [2.24, 2.45) is 0 Å². The predicted molar refractivity (Wildman–Crippen MR) is 75.5 cm³/mol. The van der Waals surface area contributed by atoms with Crippen LogP contribution in [0.5, 0.6) is 0 Å². The average molecular weight is 325 g/mol. The molecule has 0 saturated carbocycles. The molecular formula is C12H11N3O8. The summed E-state index contributed by atoms with van der Waals surface area (Å²) < 4.78 is 8.79. The van der Waals surface area contributed by atoms with Gasteiger partial charge in [-0.3, -0.25) is 20.2 Å². The number of methoxy groups -OCH3 is 2. The lowest BCUT2D eigenvalue weighted by atomic mass is 10.2. The van der Waals surface area contributed by atoms with Gasteiger partial charge in [0.15, 0.2) is 0 Å². The van der Waals surface area contributed by atoms with Crippen LogP contribution in [-0.4, -0.2) is 36.0 Å². The summed E-state index contributed by atoms with van der Waals surface area (Å²) in [6, 6.07) is 2.75. The van der Waals surface area contributed by atoms with E-state index < -0.39 is 38.9 Å². The van der Waals surface area contributed by atoms with E-state index in [0.29, 0.717) is 0 Å². The van der Waals surface area contributed by atoms with Gasteiger partial charge in [0.25, 0.3) is 11.4 Å². The van der Waals surface area contributed by atoms with Crippen LogP contribution in [0.2, 0.25) is 0 Å². The summed E-state index contributed by atoms with van der Waals surface area (Å²) in [5, 5.41) is 24.0. The molecular weight excluding hydrogens is 314 g/mol. The number of non-ortho nitro benzene ring substituents is 1. The Balaban J connectivity index is 3.30. The number of nitrogens with zero attached hydrogens (tertiary/aromatic N) is 2. The smallest absolute Gasteiger partial charge is 0.354 e. The standard InChI is InChI=1S/C12H11N3O8/c1-22-11(16)6-9(12(17)23-2)13-8-4-3-7(14(18)19)5-10(8)15(20)21/h3-6,13H,1-2H3/b9-6+. The molecule has 0 bridgehead atoms. The number of nitro benzene ring substituents is 2. The van der Waals surface area contributed by atoms with Crippen molar-refractivity contribution < 1.29 is 28.9 Å². The van der Waals surface area contributed by atoms with Crippen LogP contribution in [0.4, 0.5) is 17.1 Å². The van der Waals surface area contributed by atoms with Crippen molar-refractivity contribution in [2.45, 2.75) is 0 Å². The Kier molecular flexibility index (Phi) is 5.72. The molecule has 0 saturated heterocycles. The van der Waals surface area contributed by atoms with E-state index in [1.165, 1.54) is 0 Å². The maximum absolute atomic E-state index is 11.6. The Hall–Kier alpha value is -3.50. The molecule has 0 fully saturated rings. The number of carbonyl (C=O) groups is 2. The lowest BCUT2D eigenvalue weighted by molar-refractivity contribution is -0.393. The van der Waals surface area contributed by atoms with Gasteiger partial charge in [-0.1, -0.05) is 0 Å². The van der Waals surface area contributed by atoms with E-state index >= 15 is 0 Å². The molecule has 23 heavy (non-hydrogen) atoms. The number of benzene rings is 1. The quantitative estimate of drug-likeness (QED) is 0.351. The van der Waals surface area contributed by atoms with Crippen LogP contribution in [0.25, 0.3) is 0 Å². The fourth-order valence-electron chi connectivity index (χ4n) is 1.47. The molecule has 11 nitrogen and oxygen atoms in total. The van der Waals surface area contributed by atoms with E-state index in [2.05, 4.69) is 14.8 Å². The molecule has 11 heteroatoms. The fourth-order valence-corrected chi connectivity index (χ4v) is 1.47. The number of rotatable bonds is 6. The number of ether oxygens (including phenoxy) is 2. The van der Waals surface area contributed by atoms with E-state index in [0.717, 1.165) is 38.5 Å². The minimum atomic E-state index is -0.983. The number of carbonyl (C=O) groups excluding carboxylic acids is 2. The summed E-state index contributed by atoms with van der Waals surface area (Å²) in [4.78, 5) is 42.8. The second-order valence-corrected chi connectivity index (χ2v) is 3.91. The Labute approximate surface area is 128 Å². The number of hydrogen-bond acceptors (Lipinski definition) is 9. The lowest BCUT2D eigenvalue weighted by Crippen LogP contribution is -2.16. The van der Waals surface area contributed by atoms with Crippen molar-refractivity contribution in [3.63, 3.8) is 0 Å². The number of hydrogen-bond donors (Lipinski definition) is 1. The summed E-state index contributed by atoms with van der Waals surface area (Å²) in [6.07, 6.45) is 0.733. The van der Waals surface area contributed by atoms with Crippen LogP contribution in [-0.2, 0) is 19.1 Å². The van der Waals surface area contributed by atoms with Crippen LogP contribution in [0, 0.1) is 20.2 Å². The first-order chi connectivity index (χ1) is 10.8. The molecule has 122 valence electrons. The minimum absolute atomic E-state index is 0.235. The van der Waals surface area contributed by atoms with Crippen molar-refractivity contribution in [3.8, 4) is 0 Å². The SMILES string of the molecule is COC(=O)/C=C(/Nc1ccc([N+](=O)[O-])cc1[N+](=O)[O-])C(=O)OC. The first kappa shape index (κ1) is 17.6. The van der Waals surface area contributed by atoms with Crippen molar-refractivity contribution in [1.82, 2.24) is 0 Å². The summed E-state index contributed by atoms with van der Waals surface area (Å²) >= 11 is 0. The summed E-state index contributed by atoms with van der Waals surface area (Å²) in [5.41, 5.74) is -1.82. The molecule has 0 radical (unpaired) electrons. The van der Waals surface area contributed by atoms with E-state index in [1.54, 1.807) is 0 Å². The maximum Gasteiger partial charge on any atom is 0.354 e. The van der Waals surface area contributed by atoms with E-state index in [9.17, 15) is 29.8 Å². The zero-order chi connectivity index (χ0) is 17.6. The summed E-state index contributed by atoms with van der Waals surface area (Å²) in [7, 11) is 2.11. The van der Waals surface area contributed by atoms with Crippen molar-refractivity contribution in [1.29, 1.82) is 0 Å². The molecule has 0 aliphatic heterocycles. The average Bonchev–Trinajstić information content (AvgIpc) is 2.52.